The van der Waals surface area contributed by atoms with Gasteiger partial charge in [-0.1, -0.05) is 18.2 Å². The molecule has 1 N–H and O–H groups in total. The fourth-order valence-electron chi connectivity index (χ4n) is 2.40. The third-order valence-corrected chi connectivity index (χ3v) is 3.94. The van der Waals surface area contributed by atoms with Gasteiger partial charge in [-0.05, 0) is 53.2 Å². The van der Waals surface area contributed by atoms with Crippen molar-refractivity contribution in [1.29, 1.82) is 0 Å². The molecule has 2 aromatic heterocycles. The Morgan fingerprint density at radius 1 is 1.25 bits per heavy atom. The van der Waals surface area contributed by atoms with Crippen molar-refractivity contribution in [2.45, 2.75) is 13.0 Å². The molecule has 0 amide bonds. The zero-order valence-electron chi connectivity index (χ0n) is 11.4. The zero-order chi connectivity index (χ0) is 14.1. The average Bonchev–Trinajstić information content (AvgIpc) is 2.85. The number of hydrogen-bond donors (Lipinski definition) is 1. The second-order valence-corrected chi connectivity index (χ2v) is 5.68. The zero-order valence-corrected chi connectivity index (χ0v) is 12.9. The lowest BCUT2D eigenvalue weighted by Gasteiger charge is -2.13. The van der Waals surface area contributed by atoms with Crippen molar-refractivity contribution in [3.05, 3.63) is 64.1 Å². The third-order valence-electron chi connectivity index (χ3n) is 3.32. The first-order valence-corrected chi connectivity index (χ1v) is 7.25. The van der Waals surface area contributed by atoms with Crippen LogP contribution in [-0.2, 0) is 0 Å². The molecule has 1 atom stereocenters. The van der Waals surface area contributed by atoms with Gasteiger partial charge in [0.15, 0.2) is 0 Å². The van der Waals surface area contributed by atoms with Crippen LogP contribution in [0.3, 0.4) is 0 Å². The predicted octanol–water partition coefficient (Wildman–Crippen LogP) is 4.21. The van der Waals surface area contributed by atoms with Gasteiger partial charge >= 0.3 is 0 Å². The maximum atomic E-state index is 6.01. The number of hydrogen-bond acceptors (Lipinski definition) is 3. The number of para-hydroxylation sites is 1. The van der Waals surface area contributed by atoms with Crippen LogP contribution in [-0.4, -0.2) is 12.0 Å². The normalized spacial score (nSPS) is 12.8. The molecule has 1 aromatic carbocycles. The van der Waals surface area contributed by atoms with Gasteiger partial charge in [-0.3, -0.25) is 4.98 Å². The summed E-state index contributed by atoms with van der Waals surface area (Å²) in [6.45, 7) is 2.04. The quantitative estimate of drug-likeness (QED) is 0.781. The molecule has 0 aliphatic carbocycles. The summed E-state index contributed by atoms with van der Waals surface area (Å²) < 4.78 is 6.98. The summed E-state index contributed by atoms with van der Waals surface area (Å²) in [5.41, 5.74) is 3.12. The largest absolute Gasteiger partial charge is 0.458 e. The van der Waals surface area contributed by atoms with Crippen LogP contribution < -0.4 is 5.32 Å². The maximum Gasteiger partial charge on any atom is 0.148 e. The number of benzene rings is 1. The Morgan fingerprint density at radius 3 is 2.80 bits per heavy atom. The minimum Gasteiger partial charge on any atom is -0.458 e. The monoisotopic (exact) mass is 330 g/mol. The van der Waals surface area contributed by atoms with Gasteiger partial charge in [0, 0.05) is 17.8 Å². The fraction of sp³-hybridized carbons (Fsp3) is 0.188. The van der Waals surface area contributed by atoms with Crippen LogP contribution in [0.5, 0.6) is 0 Å². The molecule has 3 nitrogen and oxygen atoms in total. The van der Waals surface area contributed by atoms with Crippen molar-refractivity contribution in [3.8, 4) is 0 Å². The van der Waals surface area contributed by atoms with E-state index in [2.05, 4.69) is 38.4 Å². The Morgan fingerprint density at radius 2 is 2.10 bits per heavy atom. The highest BCUT2D eigenvalue weighted by Gasteiger charge is 2.18. The molecule has 0 radical (unpaired) electrons. The number of rotatable bonds is 3. The summed E-state index contributed by atoms with van der Waals surface area (Å²) in [6, 6.07) is 10.2. The van der Waals surface area contributed by atoms with Crippen molar-refractivity contribution < 1.29 is 4.42 Å². The topological polar surface area (TPSA) is 38.1 Å². The molecule has 0 saturated heterocycles. The van der Waals surface area contributed by atoms with E-state index in [1.165, 1.54) is 0 Å². The number of nitrogens with one attached hydrogen (secondary N) is 1. The van der Waals surface area contributed by atoms with Crippen molar-refractivity contribution >= 4 is 26.9 Å². The standard InChI is InChI=1S/C16H15BrN2O/c1-10-6-12(9-19-8-10)15(18-2)14-7-11-4-3-5-13(17)16(11)20-14/h3-9,15,18H,1-2H3. The molecule has 20 heavy (non-hydrogen) atoms. The molecule has 2 heterocycles. The van der Waals surface area contributed by atoms with Crippen LogP contribution in [0.25, 0.3) is 11.0 Å². The number of halogens is 1. The Labute approximate surface area is 126 Å². The van der Waals surface area contributed by atoms with E-state index in [1.54, 1.807) is 0 Å². The minimum atomic E-state index is 0.00157. The van der Waals surface area contributed by atoms with Crippen molar-refractivity contribution in [1.82, 2.24) is 10.3 Å². The van der Waals surface area contributed by atoms with Crippen LogP contribution in [0.4, 0.5) is 0 Å². The summed E-state index contributed by atoms with van der Waals surface area (Å²) in [7, 11) is 1.93. The molecule has 3 rings (SSSR count). The second kappa shape index (κ2) is 5.38. The highest BCUT2D eigenvalue weighted by Crippen LogP contribution is 2.31. The fourth-order valence-corrected chi connectivity index (χ4v) is 2.86. The number of fused-ring (bicyclic) bond motifs is 1. The van der Waals surface area contributed by atoms with Crippen LogP contribution in [0.1, 0.15) is 22.9 Å². The van der Waals surface area contributed by atoms with Gasteiger partial charge in [0.2, 0.25) is 0 Å². The van der Waals surface area contributed by atoms with Crippen LogP contribution in [0.2, 0.25) is 0 Å². The first-order chi connectivity index (χ1) is 9.69. The number of pyridine rings is 1. The third kappa shape index (κ3) is 2.37. The van der Waals surface area contributed by atoms with E-state index < -0.39 is 0 Å². The molecule has 0 fully saturated rings. The van der Waals surface area contributed by atoms with Gasteiger partial charge in [0.25, 0.3) is 0 Å². The molecular weight excluding hydrogens is 316 g/mol. The van der Waals surface area contributed by atoms with E-state index in [-0.39, 0.29) is 6.04 Å². The van der Waals surface area contributed by atoms with Gasteiger partial charge in [-0.25, -0.2) is 0 Å². The smallest absolute Gasteiger partial charge is 0.148 e. The number of aromatic nitrogens is 1. The maximum absolute atomic E-state index is 6.01. The van der Waals surface area contributed by atoms with Crippen molar-refractivity contribution in [2.24, 2.45) is 0 Å². The van der Waals surface area contributed by atoms with E-state index in [0.717, 1.165) is 32.3 Å². The van der Waals surface area contributed by atoms with E-state index in [1.807, 2.05) is 44.6 Å². The van der Waals surface area contributed by atoms with Crippen molar-refractivity contribution in [2.75, 3.05) is 7.05 Å². The van der Waals surface area contributed by atoms with Gasteiger partial charge in [-0.15, -0.1) is 0 Å². The number of nitrogens with zero attached hydrogens (tertiary/aromatic N) is 1. The molecule has 0 bridgehead atoms. The Kier molecular flexibility index (Phi) is 3.59. The predicted molar refractivity (Wildman–Crippen MR) is 83.8 cm³/mol. The van der Waals surface area contributed by atoms with E-state index in [9.17, 15) is 0 Å². The van der Waals surface area contributed by atoms with E-state index in [4.69, 9.17) is 4.42 Å². The highest BCUT2D eigenvalue weighted by atomic mass is 79.9. The molecular formula is C16H15BrN2O. The Hall–Kier alpha value is -1.65. The molecule has 4 heteroatoms. The summed E-state index contributed by atoms with van der Waals surface area (Å²) >= 11 is 3.52. The first-order valence-electron chi connectivity index (χ1n) is 6.46. The van der Waals surface area contributed by atoms with E-state index >= 15 is 0 Å². The highest BCUT2D eigenvalue weighted by molar-refractivity contribution is 9.10. The Bertz CT molecular complexity index is 751. The number of aryl methyl sites for hydroxylation is 1. The van der Waals surface area contributed by atoms with Gasteiger partial charge in [0.05, 0.1) is 10.5 Å². The summed E-state index contributed by atoms with van der Waals surface area (Å²) in [4.78, 5) is 4.26. The lowest BCUT2D eigenvalue weighted by Crippen LogP contribution is -2.17. The van der Waals surface area contributed by atoms with Gasteiger partial charge < -0.3 is 9.73 Å². The molecule has 0 spiro atoms. The molecule has 102 valence electrons. The molecule has 0 aliphatic rings. The average molecular weight is 331 g/mol. The van der Waals surface area contributed by atoms with Gasteiger partial charge in [-0.2, -0.15) is 0 Å². The summed E-state index contributed by atoms with van der Waals surface area (Å²) in [5, 5.41) is 4.39. The van der Waals surface area contributed by atoms with Crippen LogP contribution in [0, 0.1) is 6.92 Å². The summed E-state index contributed by atoms with van der Waals surface area (Å²) in [6.07, 6.45) is 3.72. The molecule has 1 unspecified atom stereocenters. The van der Waals surface area contributed by atoms with E-state index in [0.29, 0.717) is 0 Å². The van der Waals surface area contributed by atoms with Crippen molar-refractivity contribution in [3.63, 3.8) is 0 Å². The SMILES string of the molecule is CNC(c1cncc(C)c1)c1cc2cccc(Br)c2o1. The molecule has 0 saturated carbocycles. The summed E-state index contributed by atoms with van der Waals surface area (Å²) in [5.74, 6) is 0.891. The van der Waals surface area contributed by atoms with Crippen LogP contribution in [0.15, 0.2) is 51.6 Å². The molecule has 3 aromatic rings. The van der Waals surface area contributed by atoms with Gasteiger partial charge in [0.1, 0.15) is 11.3 Å². The lowest BCUT2D eigenvalue weighted by molar-refractivity contribution is 0.490. The minimum absolute atomic E-state index is 0.00157. The lowest BCUT2D eigenvalue weighted by atomic mass is 10.1. The first kappa shape index (κ1) is 13.3. The second-order valence-electron chi connectivity index (χ2n) is 4.82. The van der Waals surface area contributed by atoms with Crippen LogP contribution >= 0.6 is 15.9 Å². The molecule has 0 aliphatic heterocycles. The Balaban J connectivity index is 2.09. The number of furan rings is 1.